The maximum absolute atomic E-state index is 10.9. The fraction of sp³-hybridized carbons (Fsp3) is 0.417. The third-order valence-corrected chi connectivity index (χ3v) is 3.28. The molecular formula is C12H14N2O8. The number of hydrogen-bond donors (Lipinski definition) is 5. The Morgan fingerprint density at radius 2 is 2.05 bits per heavy atom. The van der Waals surface area contributed by atoms with Crippen LogP contribution in [0.2, 0.25) is 0 Å². The number of carbonyl (C=O) groups is 1. The summed E-state index contributed by atoms with van der Waals surface area (Å²) >= 11 is 0. The van der Waals surface area contributed by atoms with E-state index in [9.17, 15) is 25.1 Å². The van der Waals surface area contributed by atoms with Gasteiger partial charge in [-0.25, -0.2) is 4.79 Å². The Balaban J connectivity index is 2.22. The van der Waals surface area contributed by atoms with Crippen LogP contribution in [0.4, 0.5) is 11.4 Å². The van der Waals surface area contributed by atoms with Crippen molar-refractivity contribution in [2.75, 3.05) is 11.9 Å². The van der Waals surface area contributed by atoms with E-state index in [0.29, 0.717) is 0 Å². The van der Waals surface area contributed by atoms with Gasteiger partial charge in [0.05, 0.1) is 11.5 Å². The van der Waals surface area contributed by atoms with E-state index in [1.807, 2.05) is 0 Å². The largest absolute Gasteiger partial charge is 0.477 e. The first-order valence-electron chi connectivity index (χ1n) is 6.26. The van der Waals surface area contributed by atoms with Crippen molar-refractivity contribution in [2.24, 2.45) is 0 Å². The van der Waals surface area contributed by atoms with Crippen molar-refractivity contribution in [2.45, 2.75) is 24.5 Å². The highest BCUT2D eigenvalue weighted by molar-refractivity contribution is 5.93. The van der Waals surface area contributed by atoms with Crippen molar-refractivity contribution in [3.63, 3.8) is 0 Å². The number of anilines is 1. The number of hydrogen-bond acceptors (Lipinski definition) is 8. The van der Waals surface area contributed by atoms with Crippen LogP contribution in [-0.2, 0) is 4.74 Å². The van der Waals surface area contributed by atoms with E-state index < -0.39 is 53.3 Å². The van der Waals surface area contributed by atoms with Gasteiger partial charge in [-0.2, -0.15) is 0 Å². The molecule has 0 spiro atoms. The van der Waals surface area contributed by atoms with Crippen LogP contribution in [0.25, 0.3) is 0 Å². The quantitative estimate of drug-likeness (QED) is 0.344. The van der Waals surface area contributed by atoms with Gasteiger partial charge in [0.1, 0.15) is 23.9 Å². The molecule has 0 saturated carbocycles. The predicted molar refractivity (Wildman–Crippen MR) is 71.4 cm³/mol. The first-order chi connectivity index (χ1) is 10.3. The summed E-state index contributed by atoms with van der Waals surface area (Å²) in [5.41, 5.74) is -0.965. The number of ether oxygens (including phenoxy) is 1. The number of aliphatic hydroxyl groups is 3. The average molecular weight is 314 g/mol. The van der Waals surface area contributed by atoms with Crippen LogP contribution >= 0.6 is 0 Å². The molecule has 4 atom stereocenters. The van der Waals surface area contributed by atoms with E-state index >= 15 is 0 Å². The number of rotatable bonds is 5. The summed E-state index contributed by atoms with van der Waals surface area (Å²) in [4.78, 5) is 21.0. The van der Waals surface area contributed by atoms with Gasteiger partial charge >= 0.3 is 5.97 Å². The maximum atomic E-state index is 10.9. The first kappa shape index (κ1) is 16.1. The van der Waals surface area contributed by atoms with Crippen LogP contribution < -0.4 is 5.32 Å². The summed E-state index contributed by atoms with van der Waals surface area (Å²) in [6.07, 6.45) is -4.74. The number of nitro groups is 1. The summed E-state index contributed by atoms with van der Waals surface area (Å²) in [5.74, 6) is -1.44. The molecule has 0 amide bonds. The van der Waals surface area contributed by atoms with E-state index in [4.69, 9.17) is 14.9 Å². The zero-order valence-electron chi connectivity index (χ0n) is 11.1. The lowest BCUT2D eigenvalue weighted by Crippen LogP contribution is -2.36. The molecule has 1 aromatic rings. The van der Waals surface area contributed by atoms with E-state index in [0.717, 1.165) is 12.1 Å². The third-order valence-electron chi connectivity index (χ3n) is 3.28. The van der Waals surface area contributed by atoms with Gasteiger partial charge in [0.25, 0.3) is 5.69 Å². The number of nitrogens with one attached hydrogen (secondary N) is 1. The second-order valence-electron chi connectivity index (χ2n) is 4.70. The minimum absolute atomic E-state index is 0.131. The van der Waals surface area contributed by atoms with Gasteiger partial charge in [0.15, 0.2) is 6.23 Å². The molecule has 10 nitrogen and oxygen atoms in total. The van der Waals surface area contributed by atoms with Crippen molar-refractivity contribution < 1.29 is 34.9 Å². The Hall–Kier alpha value is -2.27. The molecule has 5 N–H and O–H groups in total. The fourth-order valence-corrected chi connectivity index (χ4v) is 2.14. The Kier molecular flexibility index (Phi) is 4.56. The molecule has 1 aliphatic rings. The molecule has 1 fully saturated rings. The van der Waals surface area contributed by atoms with Gasteiger partial charge in [-0.1, -0.05) is 0 Å². The molecule has 0 aliphatic carbocycles. The second kappa shape index (κ2) is 6.23. The van der Waals surface area contributed by atoms with Crippen molar-refractivity contribution in [3.8, 4) is 0 Å². The van der Waals surface area contributed by atoms with E-state index in [-0.39, 0.29) is 5.69 Å². The highest BCUT2D eigenvalue weighted by Crippen LogP contribution is 2.27. The SMILES string of the molecule is O=C(O)c1ccc(NC2OC(CO)C(O)C2O)cc1[N+](=O)[O-]. The maximum Gasteiger partial charge on any atom is 0.342 e. The summed E-state index contributed by atoms with van der Waals surface area (Å²) in [7, 11) is 0. The molecule has 1 heterocycles. The smallest absolute Gasteiger partial charge is 0.342 e. The molecule has 0 aromatic heterocycles. The molecule has 10 heteroatoms. The lowest BCUT2D eigenvalue weighted by molar-refractivity contribution is -0.385. The molecule has 0 radical (unpaired) electrons. The molecule has 0 bridgehead atoms. The minimum atomic E-state index is -1.44. The molecule has 1 saturated heterocycles. The van der Waals surface area contributed by atoms with Crippen molar-refractivity contribution in [1.82, 2.24) is 0 Å². The summed E-state index contributed by atoms with van der Waals surface area (Å²) in [6.45, 7) is -0.505. The Morgan fingerprint density at radius 1 is 1.36 bits per heavy atom. The summed E-state index contributed by atoms with van der Waals surface area (Å²) < 4.78 is 5.17. The lowest BCUT2D eigenvalue weighted by atomic mass is 10.1. The molecule has 4 unspecified atom stereocenters. The van der Waals surface area contributed by atoms with Gasteiger partial charge < -0.3 is 30.5 Å². The topological polar surface area (TPSA) is 162 Å². The van der Waals surface area contributed by atoms with E-state index in [1.165, 1.54) is 6.07 Å². The van der Waals surface area contributed by atoms with Gasteiger partial charge in [-0.3, -0.25) is 10.1 Å². The number of nitro benzene ring substituents is 1. The number of aliphatic hydroxyl groups excluding tert-OH is 3. The fourth-order valence-electron chi connectivity index (χ4n) is 2.14. The number of nitrogens with zero attached hydrogens (tertiary/aromatic N) is 1. The van der Waals surface area contributed by atoms with Crippen LogP contribution in [0.15, 0.2) is 18.2 Å². The first-order valence-corrected chi connectivity index (χ1v) is 6.26. The number of carboxylic acids is 1. The van der Waals surface area contributed by atoms with Crippen LogP contribution in [0.5, 0.6) is 0 Å². The van der Waals surface area contributed by atoms with Crippen LogP contribution in [0.3, 0.4) is 0 Å². The Bertz CT molecular complexity index is 592. The van der Waals surface area contributed by atoms with Gasteiger partial charge in [0.2, 0.25) is 0 Å². The zero-order valence-corrected chi connectivity index (χ0v) is 11.1. The molecule has 22 heavy (non-hydrogen) atoms. The Labute approximate surface area is 123 Å². The van der Waals surface area contributed by atoms with Crippen LogP contribution in [0, 0.1) is 10.1 Å². The van der Waals surface area contributed by atoms with Gasteiger partial charge in [-0.15, -0.1) is 0 Å². The van der Waals surface area contributed by atoms with E-state index in [2.05, 4.69) is 5.32 Å². The van der Waals surface area contributed by atoms with Crippen LogP contribution in [0.1, 0.15) is 10.4 Å². The molecular weight excluding hydrogens is 300 g/mol. The Morgan fingerprint density at radius 3 is 2.55 bits per heavy atom. The number of carboxylic acid groups (broad SMARTS) is 1. The normalized spacial score (nSPS) is 27.6. The standard InChI is InChI=1S/C12H14N2O8/c15-4-8-9(16)10(17)11(22-8)13-5-1-2-6(12(18)19)7(3-5)14(20)21/h1-3,8-11,13,15-17H,4H2,(H,18,19). The summed E-state index contributed by atoms with van der Waals surface area (Å²) in [6, 6.07) is 3.30. The van der Waals surface area contributed by atoms with E-state index in [1.54, 1.807) is 0 Å². The van der Waals surface area contributed by atoms with Gasteiger partial charge in [-0.05, 0) is 12.1 Å². The molecule has 120 valence electrons. The molecule has 1 aromatic carbocycles. The van der Waals surface area contributed by atoms with Crippen molar-refractivity contribution in [1.29, 1.82) is 0 Å². The third kappa shape index (κ3) is 2.99. The number of aromatic carboxylic acids is 1. The molecule has 2 rings (SSSR count). The second-order valence-corrected chi connectivity index (χ2v) is 4.70. The van der Waals surface area contributed by atoms with Crippen LogP contribution in [-0.4, -0.2) is 62.5 Å². The minimum Gasteiger partial charge on any atom is -0.477 e. The number of benzene rings is 1. The molecule has 1 aliphatic heterocycles. The summed E-state index contributed by atoms with van der Waals surface area (Å²) in [5, 5.41) is 50.7. The lowest BCUT2D eigenvalue weighted by Gasteiger charge is -2.17. The monoisotopic (exact) mass is 314 g/mol. The highest BCUT2D eigenvalue weighted by Gasteiger charge is 2.42. The van der Waals surface area contributed by atoms with Crippen molar-refractivity contribution in [3.05, 3.63) is 33.9 Å². The van der Waals surface area contributed by atoms with Gasteiger partial charge in [0, 0.05) is 11.8 Å². The zero-order chi connectivity index (χ0) is 16.4. The average Bonchev–Trinajstić information content (AvgIpc) is 2.74. The van der Waals surface area contributed by atoms with Crippen molar-refractivity contribution >= 4 is 17.3 Å². The highest BCUT2D eigenvalue weighted by atomic mass is 16.6. The predicted octanol–water partition coefficient (Wildman–Crippen LogP) is -0.856.